The Morgan fingerprint density at radius 2 is 2.05 bits per heavy atom. The van der Waals surface area contributed by atoms with Gasteiger partial charge in [0.25, 0.3) is 0 Å². The maximum absolute atomic E-state index is 11.3. The molecule has 1 amide bonds. The van der Waals surface area contributed by atoms with E-state index < -0.39 is 30.0 Å². The van der Waals surface area contributed by atoms with Crippen molar-refractivity contribution < 1.29 is 19.8 Å². The Kier molecular flexibility index (Phi) is 5.95. The molecule has 0 saturated heterocycles. The smallest absolute Gasteiger partial charge is 0.309 e. The van der Waals surface area contributed by atoms with Gasteiger partial charge < -0.3 is 27.0 Å². The van der Waals surface area contributed by atoms with Crippen LogP contribution < -0.4 is 16.8 Å². The fourth-order valence-corrected chi connectivity index (χ4v) is 3.07. The molecule has 0 bridgehead atoms. The first kappa shape index (κ1) is 17.2. The molecule has 0 spiro atoms. The fraction of sp³-hybridized carbons (Fsp3) is 0.769. The van der Waals surface area contributed by atoms with Gasteiger partial charge in [-0.1, -0.05) is 13.3 Å². The second-order valence-electron chi connectivity index (χ2n) is 5.47. The van der Waals surface area contributed by atoms with Crippen LogP contribution in [0.5, 0.6) is 0 Å². The number of aliphatic carboxylic acids is 1. The number of nitrogens with two attached hydrogens (primary N) is 2. The van der Waals surface area contributed by atoms with E-state index in [0.29, 0.717) is 6.42 Å². The zero-order chi connectivity index (χ0) is 16.2. The van der Waals surface area contributed by atoms with Gasteiger partial charge in [0, 0.05) is 18.9 Å². The van der Waals surface area contributed by atoms with E-state index in [-0.39, 0.29) is 24.3 Å². The van der Waals surface area contributed by atoms with Crippen molar-refractivity contribution in [3.05, 3.63) is 0 Å². The summed E-state index contributed by atoms with van der Waals surface area (Å²) in [6.45, 7) is 3.33. The third-order valence-corrected chi connectivity index (χ3v) is 3.83. The molecule has 0 heterocycles. The number of amides is 1. The number of carbonyl (C=O) groups excluding carboxylic acids is 1. The lowest BCUT2D eigenvalue weighted by Gasteiger charge is -2.30. The van der Waals surface area contributed by atoms with E-state index in [0.717, 1.165) is 6.42 Å². The summed E-state index contributed by atoms with van der Waals surface area (Å²) in [7, 11) is 0. The summed E-state index contributed by atoms with van der Waals surface area (Å²) < 4.78 is 0. The topological polar surface area (TPSA) is 151 Å². The highest BCUT2D eigenvalue weighted by Crippen LogP contribution is 2.37. The highest BCUT2D eigenvalue weighted by Gasteiger charge is 2.49. The molecular formula is C13H24N4O4. The SMILES string of the molecule is CCC[C@H](NC(C)=O)[C@@H]1[C@H](O)[C@@H](C(=O)O)C[C@H]1N=C(N)N. The Hall–Kier alpha value is -1.83. The first-order chi connectivity index (χ1) is 9.77. The van der Waals surface area contributed by atoms with E-state index in [9.17, 15) is 19.8 Å². The minimum atomic E-state index is -1.10. The molecule has 0 radical (unpaired) electrons. The molecule has 21 heavy (non-hydrogen) atoms. The van der Waals surface area contributed by atoms with Gasteiger partial charge in [-0.2, -0.15) is 0 Å². The number of aliphatic imine (C=N–C) groups is 1. The summed E-state index contributed by atoms with van der Waals surface area (Å²) in [5, 5.41) is 22.3. The molecule has 1 aliphatic rings. The predicted molar refractivity (Wildman–Crippen MR) is 77.4 cm³/mol. The standard InChI is InChI=1S/C13H24N4O4/c1-3-4-8(16-6(2)18)10-9(17-13(14)15)5-7(11(10)19)12(20)21/h7-11,19H,3-5H2,1-2H3,(H,16,18)(H,20,21)(H4,14,15,17)/t7-,8-,9+,10-,11+/m0/s1. The van der Waals surface area contributed by atoms with Crippen molar-refractivity contribution in [1.29, 1.82) is 0 Å². The Morgan fingerprint density at radius 1 is 1.43 bits per heavy atom. The van der Waals surface area contributed by atoms with Crippen LogP contribution in [0.2, 0.25) is 0 Å². The van der Waals surface area contributed by atoms with Crippen molar-refractivity contribution in [2.24, 2.45) is 28.3 Å². The number of nitrogens with one attached hydrogen (secondary N) is 1. The Labute approximate surface area is 123 Å². The van der Waals surface area contributed by atoms with Gasteiger partial charge in [0.1, 0.15) is 0 Å². The molecule has 1 fully saturated rings. The summed E-state index contributed by atoms with van der Waals surface area (Å²) in [4.78, 5) is 26.6. The predicted octanol–water partition coefficient (Wildman–Crippen LogP) is -0.985. The zero-order valence-corrected chi connectivity index (χ0v) is 12.3. The number of guanidine groups is 1. The summed E-state index contributed by atoms with van der Waals surface area (Å²) in [5.74, 6) is -2.92. The largest absolute Gasteiger partial charge is 0.481 e. The summed E-state index contributed by atoms with van der Waals surface area (Å²) in [6.07, 6.45) is 0.447. The van der Waals surface area contributed by atoms with Gasteiger partial charge >= 0.3 is 5.97 Å². The van der Waals surface area contributed by atoms with Gasteiger partial charge in [-0.25, -0.2) is 4.99 Å². The normalized spacial score (nSPS) is 29.7. The van der Waals surface area contributed by atoms with E-state index in [1.54, 1.807) is 0 Å². The molecule has 120 valence electrons. The highest BCUT2D eigenvalue weighted by molar-refractivity contribution is 5.76. The van der Waals surface area contributed by atoms with Crippen LogP contribution in [0, 0.1) is 11.8 Å². The third kappa shape index (κ3) is 4.32. The number of carboxylic acids is 1. The summed E-state index contributed by atoms with van der Waals surface area (Å²) in [5.41, 5.74) is 10.8. The monoisotopic (exact) mass is 300 g/mol. The average molecular weight is 300 g/mol. The van der Waals surface area contributed by atoms with Crippen LogP contribution in [0.3, 0.4) is 0 Å². The molecule has 0 aromatic heterocycles. The van der Waals surface area contributed by atoms with Crippen LogP contribution in [0.1, 0.15) is 33.1 Å². The molecule has 5 atom stereocenters. The van der Waals surface area contributed by atoms with Crippen LogP contribution in [-0.4, -0.2) is 46.2 Å². The van der Waals surface area contributed by atoms with Crippen molar-refractivity contribution in [2.75, 3.05) is 0 Å². The molecule has 0 aliphatic heterocycles. The molecule has 0 aromatic carbocycles. The first-order valence-electron chi connectivity index (χ1n) is 7.04. The highest BCUT2D eigenvalue weighted by atomic mass is 16.4. The number of carbonyl (C=O) groups is 2. The first-order valence-corrected chi connectivity index (χ1v) is 7.04. The van der Waals surface area contributed by atoms with Crippen LogP contribution in [0.15, 0.2) is 4.99 Å². The van der Waals surface area contributed by atoms with Crippen molar-refractivity contribution in [1.82, 2.24) is 5.32 Å². The number of aliphatic hydroxyl groups excluding tert-OH is 1. The molecule has 0 unspecified atom stereocenters. The van der Waals surface area contributed by atoms with E-state index in [1.165, 1.54) is 6.92 Å². The zero-order valence-electron chi connectivity index (χ0n) is 12.3. The fourth-order valence-electron chi connectivity index (χ4n) is 3.07. The number of aliphatic hydroxyl groups is 1. The Morgan fingerprint density at radius 3 is 2.48 bits per heavy atom. The lowest BCUT2D eigenvalue weighted by molar-refractivity contribution is -0.145. The van der Waals surface area contributed by atoms with E-state index in [4.69, 9.17) is 11.5 Å². The van der Waals surface area contributed by atoms with Crippen LogP contribution >= 0.6 is 0 Å². The maximum atomic E-state index is 11.3. The van der Waals surface area contributed by atoms with Crippen molar-refractivity contribution in [3.63, 3.8) is 0 Å². The van der Waals surface area contributed by atoms with Gasteiger partial charge in [-0.3, -0.25) is 9.59 Å². The molecule has 0 aromatic rings. The number of hydrogen-bond acceptors (Lipinski definition) is 4. The van der Waals surface area contributed by atoms with E-state index >= 15 is 0 Å². The lowest BCUT2D eigenvalue weighted by atomic mass is 9.88. The van der Waals surface area contributed by atoms with Gasteiger partial charge in [0.05, 0.1) is 18.1 Å². The van der Waals surface area contributed by atoms with Gasteiger partial charge in [-0.05, 0) is 12.8 Å². The van der Waals surface area contributed by atoms with Gasteiger partial charge in [0.15, 0.2) is 5.96 Å². The molecule has 1 aliphatic carbocycles. The average Bonchev–Trinajstić information content (AvgIpc) is 2.64. The number of carboxylic acid groups (broad SMARTS) is 1. The Bertz CT molecular complexity index is 422. The van der Waals surface area contributed by atoms with E-state index in [2.05, 4.69) is 10.3 Å². The van der Waals surface area contributed by atoms with E-state index in [1.807, 2.05) is 6.92 Å². The number of nitrogens with zero attached hydrogens (tertiary/aromatic N) is 1. The van der Waals surface area contributed by atoms with Gasteiger partial charge in [0.2, 0.25) is 5.91 Å². The number of rotatable bonds is 6. The molecule has 1 rings (SSSR count). The van der Waals surface area contributed by atoms with Crippen LogP contribution in [-0.2, 0) is 9.59 Å². The molecule has 8 nitrogen and oxygen atoms in total. The van der Waals surface area contributed by atoms with Crippen LogP contribution in [0.25, 0.3) is 0 Å². The second kappa shape index (κ2) is 7.26. The maximum Gasteiger partial charge on any atom is 0.309 e. The van der Waals surface area contributed by atoms with Crippen LogP contribution in [0.4, 0.5) is 0 Å². The molecule has 8 heteroatoms. The number of hydrogen-bond donors (Lipinski definition) is 5. The quantitative estimate of drug-likeness (QED) is 0.314. The van der Waals surface area contributed by atoms with Crippen molar-refractivity contribution in [3.8, 4) is 0 Å². The molecule has 1 saturated carbocycles. The van der Waals surface area contributed by atoms with Crippen molar-refractivity contribution in [2.45, 2.75) is 51.3 Å². The summed E-state index contributed by atoms with van der Waals surface area (Å²) >= 11 is 0. The summed E-state index contributed by atoms with van der Waals surface area (Å²) in [6, 6.07) is -0.880. The molecular weight excluding hydrogens is 276 g/mol. The minimum absolute atomic E-state index is 0.152. The van der Waals surface area contributed by atoms with Crippen molar-refractivity contribution >= 4 is 17.8 Å². The Balaban J connectivity index is 3.07. The molecule has 7 N–H and O–H groups in total. The third-order valence-electron chi connectivity index (χ3n) is 3.83. The minimum Gasteiger partial charge on any atom is -0.481 e. The lowest BCUT2D eigenvalue weighted by Crippen LogP contribution is -2.47. The second-order valence-corrected chi connectivity index (χ2v) is 5.47. The van der Waals surface area contributed by atoms with Gasteiger partial charge in [-0.15, -0.1) is 0 Å².